The lowest BCUT2D eigenvalue weighted by Gasteiger charge is -2.00. The van der Waals surface area contributed by atoms with Crippen LogP contribution in [0.15, 0.2) is 40.5 Å². The van der Waals surface area contributed by atoms with E-state index in [1.807, 2.05) is 12.1 Å². The molecule has 108 valence electrons. The average molecular weight is 311 g/mol. The Labute approximate surface area is 121 Å². The zero-order valence-corrected chi connectivity index (χ0v) is 11.3. The Morgan fingerprint density at radius 1 is 1.14 bits per heavy atom. The fraction of sp³-hybridized carbons (Fsp3) is 0.154. The van der Waals surface area contributed by atoms with Crippen LogP contribution in [-0.4, -0.2) is 15.1 Å². The summed E-state index contributed by atoms with van der Waals surface area (Å²) >= 11 is 1.55. The van der Waals surface area contributed by atoms with Gasteiger partial charge in [-0.3, -0.25) is 4.98 Å². The van der Waals surface area contributed by atoms with Gasteiger partial charge in [0.2, 0.25) is 5.82 Å². The zero-order valence-electron chi connectivity index (χ0n) is 10.5. The normalized spacial score (nSPS) is 11.8. The third kappa shape index (κ3) is 3.10. The predicted octanol–water partition coefficient (Wildman–Crippen LogP) is 3.80. The van der Waals surface area contributed by atoms with Crippen molar-refractivity contribution < 1.29 is 17.7 Å². The first-order valence-corrected chi connectivity index (χ1v) is 6.78. The van der Waals surface area contributed by atoms with Crippen LogP contribution in [-0.2, 0) is 12.6 Å². The third-order valence-corrected chi connectivity index (χ3v) is 3.52. The summed E-state index contributed by atoms with van der Waals surface area (Å²) in [5.74, 6) is -1.42. The lowest BCUT2D eigenvalue weighted by Crippen LogP contribution is -2.04. The summed E-state index contributed by atoms with van der Waals surface area (Å²) in [7, 11) is 0. The summed E-state index contributed by atoms with van der Waals surface area (Å²) in [4.78, 5) is 8.45. The van der Waals surface area contributed by atoms with Crippen molar-refractivity contribution in [2.75, 3.05) is 0 Å². The van der Waals surface area contributed by atoms with Gasteiger partial charge in [0.05, 0.1) is 5.51 Å². The van der Waals surface area contributed by atoms with Crippen molar-refractivity contribution >= 4 is 11.3 Å². The van der Waals surface area contributed by atoms with E-state index in [-0.39, 0.29) is 5.82 Å². The number of hydrogen-bond acceptors (Lipinski definition) is 5. The van der Waals surface area contributed by atoms with Crippen LogP contribution in [0.5, 0.6) is 0 Å². The molecule has 0 saturated carbocycles. The van der Waals surface area contributed by atoms with Crippen LogP contribution in [0, 0.1) is 0 Å². The number of alkyl halides is 3. The first-order chi connectivity index (χ1) is 10.0. The van der Waals surface area contributed by atoms with Crippen molar-refractivity contribution in [2.24, 2.45) is 0 Å². The van der Waals surface area contributed by atoms with E-state index in [9.17, 15) is 13.2 Å². The molecule has 0 radical (unpaired) electrons. The Bertz CT molecular complexity index is 720. The molecule has 0 amide bonds. The van der Waals surface area contributed by atoms with Crippen LogP contribution in [0.4, 0.5) is 13.2 Å². The number of aromatic nitrogens is 3. The van der Waals surface area contributed by atoms with Gasteiger partial charge in [-0.2, -0.15) is 18.2 Å². The maximum atomic E-state index is 12.4. The molecule has 3 rings (SSSR count). The minimum Gasteiger partial charge on any atom is -0.329 e. The SMILES string of the molecule is FC(F)(F)c1nc(-c2ccc(Cc3cncs3)cc2)no1. The van der Waals surface area contributed by atoms with Gasteiger partial charge >= 0.3 is 12.1 Å². The highest BCUT2D eigenvalue weighted by atomic mass is 32.1. The Morgan fingerprint density at radius 2 is 1.90 bits per heavy atom. The molecule has 0 unspecified atom stereocenters. The van der Waals surface area contributed by atoms with Crippen LogP contribution in [0.2, 0.25) is 0 Å². The van der Waals surface area contributed by atoms with Gasteiger partial charge in [0.1, 0.15) is 0 Å². The molecule has 0 aliphatic rings. The van der Waals surface area contributed by atoms with Crippen LogP contribution >= 0.6 is 11.3 Å². The molecule has 21 heavy (non-hydrogen) atoms. The molecule has 0 saturated heterocycles. The number of hydrogen-bond donors (Lipinski definition) is 0. The van der Waals surface area contributed by atoms with Gasteiger partial charge in [0, 0.05) is 23.1 Å². The second-order valence-electron chi connectivity index (χ2n) is 4.26. The van der Waals surface area contributed by atoms with Gasteiger partial charge in [0.15, 0.2) is 0 Å². The first kappa shape index (κ1) is 13.7. The van der Waals surface area contributed by atoms with Gasteiger partial charge in [-0.25, -0.2) is 0 Å². The highest BCUT2D eigenvalue weighted by Gasteiger charge is 2.38. The topological polar surface area (TPSA) is 51.8 Å². The van der Waals surface area contributed by atoms with E-state index in [0.29, 0.717) is 5.56 Å². The van der Waals surface area contributed by atoms with Gasteiger partial charge in [-0.15, -0.1) is 11.3 Å². The van der Waals surface area contributed by atoms with Gasteiger partial charge in [0.25, 0.3) is 0 Å². The van der Waals surface area contributed by atoms with Gasteiger partial charge in [-0.1, -0.05) is 29.4 Å². The minimum atomic E-state index is -4.63. The van der Waals surface area contributed by atoms with E-state index in [1.165, 1.54) is 0 Å². The standard InChI is InChI=1S/C13H8F3N3OS/c14-13(15,16)12-18-11(19-20-12)9-3-1-8(2-4-9)5-10-6-17-7-21-10/h1-4,6-7H,5H2. The highest BCUT2D eigenvalue weighted by molar-refractivity contribution is 7.09. The van der Waals surface area contributed by atoms with E-state index < -0.39 is 12.1 Å². The van der Waals surface area contributed by atoms with Crippen LogP contribution in [0.3, 0.4) is 0 Å². The Kier molecular flexibility index (Phi) is 3.46. The molecular weight excluding hydrogens is 303 g/mol. The summed E-state index contributed by atoms with van der Waals surface area (Å²) in [5.41, 5.74) is 3.26. The number of benzene rings is 1. The molecule has 0 N–H and O–H groups in total. The molecule has 3 aromatic rings. The van der Waals surface area contributed by atoms with Crippen LogP contribution in [0.25, 0.3) is 11.4 Å². The lowest BCUT2D eigenvalue weighted by molar-refractivity contribution is -0.159. The largest absolute Gasteiger partial charge is 0.471 e. The number of rotatable bonds is 3. The maximum Gasteiger partial charge on any atom is 0.471 e. The molecule has 2 aromatic heterocycles. The number of halogens is 3. The maximum absolute atomic E-state index is 12.4. The molecule has 1 aromatic carbocycles. The highest BCUT2D eigenvalue weighted by Crippen LogP contribution is 2.29. The minimum absolute atomic E-state index is 0.0772. The molecule has 0 bridgehead atoms. The quantitative estimate of drug-likeness (QED) is 0.738. The second-order valence-corrected chi connectivity index (χ2v) is 5.23. The van der Waals surface area contributed by atoms with Gasteiger partial charge < -0.3 is 4.52 Å². The summed E-state index contributed by atoms with van der Waals surface area (Å²) < 4.78 is 41.4. The molecule has 2 heterocycles. The van der Waals surface area contributed by atoms with E-state index in [1.54, 1.807) is 35.2 Å². The Hall–Kier alpha value is -2.22. The smallest absolute Gasteiger partial charge is 0.329 e. The lowest BCUT2D eigenvalue weighted by atomic mass is 10.1. The molecule has 0 aliphatic carbocycles. The van der Waals surface area contributed by atoms with E-state index >= 15 is 0 Å². The number of nitrogens with zero attached hydrogens (tertiary/aromatic N) is 3. The molecule has 0 atom stereocenters. The molecule has 0 fully saturated rings. The fourth-order valence-electron chi connectivity index (χ4n) is 1.76. The molecule has 8 heteroatoms. The van der Waals surface area contributed by atoms with Crippen molar-refractivity contribution in [1.29, 1.82) is 0 Å². The monoisotopic (exact) mass is 311 g/mol. The van der Waals surface area contributed by atoms with Crippen molar-refractivity contribution in [3.63, 3.8) is 0 Å². The van der Waals surface area contributed by atoms with Crippen LogP contribution in [0.1, 0.15) is 16.3 Å². The van der Waals surface area contributed by atoms with E-state index in [4.69, 9.17) is 0 Å². The van der Waals surface area contributed by atoms with Crippen LogP contribution < -0.4 is 0 Å². The van der Waals surface area contributed by atoms with E-state index in [2.05, 4.69) is 19.6 Å². The van der Waals surface area contributed by atoms with Gasteiger partial charge in [-0.05, 0) is 5.56 Å². The van der Waals surface area contributed by atoms with Crippen molar-refractivity contribution in [3.8, 4) is 11.4 Å². The molecular formula is C13H8F3N3OS. The zero-order chi connectivity index (χ0) is 14.9. The Morgan fingerprint density at radius 3 is 2.48 bits per heavy atom. The predicted molar refractivity (Wildman–Crippen MR) is 69.7 cm³/mol. The Balaban J connectivity index is 1.79. The van der Waals surface area contributed by atoms with Crippen molar-refractivity contribution in [3.05, 3.63) is 52.3 Å². The van der Waals surface area contributed by atoms with Crippen molar-refractivity contribution in [1.82, 2.24) is 15.1 Å². The second kappa shape index (κ2) is 5.28. The van der Waals surface area contributed by atoms with E-state index in [0.717, 1.165) is 16.9 Å². The summed E-state index contributed by atoms with van der Waals surface area (Å²) in [5, 5.41) is 3.34. The first-order valence-electron chi connectivity index (χ1n) is 5.90. The third-order valence-electron chi connectivity index (χ3n) is 2.74. The summed E-state index contributed by atoms with van der Waals surface area (Å²) in [6, 6.07) is 6.97. The number of thiazole rings is 1. The average Bonchev–Trinajstić information content (AvgIpc) is 3.09. The fourth-order valence-corrected chi connectivity index (χ4v) is 2.39. The summed E-state index contributed by atoms with van der Waals surface area (Å²) in [6.45, 7) is 0. The molecule has 4 nitrogen and oxygen atoms in total. The summed E-state index contributed by atoms with van der Waals surface area (Å²) in [6.07, 6.45) is -2.12. The molecule has 0 aliphatic heterocycles. The van der Waals surface area contributed by atoms with Crippen molar-refractivity contribution in [2.45, 2.75) is 12.6 Å². The molecule has 0 spiro atoms.